The normalized spacial score (nSPS) is 20.3. The minimum atomic E-state index is 1.07. The molecule has 1 saturated heterocycles. The maximum atomic E-state index is 2.62. The van der Waals surface area contributed by atoms with E-state index in [4.69, 9.17) is 0 Å². The Morgan fingerprint density at radius 2 is 0.889 bits per heavy atom. The number of likely N-dealkylation sites (N-methyl/N-ethyl adjacent to an activating group) is 2. The summed E-state index contributed by atoms with van der Waals surface area (Å²) < 4.78 is 2.14. The van der Waals surface area contributed by atoms with Crippen molar-refractivity contribution in [1.82, 2.24) is 9.80 Å². The van der Waals surface area contributed by atoms with Crippen molar-refractivity contribution in [2.24, 2.45) is 0 Å². The monoisotopic (exact) mass is 258 g/mol. The van der Waals surface area contributed by atoms with E-state index in [1.165, 1.54) is 52.4 Å². The van der Waals surface area contributed by atoms with E-state index in [0.29, 0.717) is 0 Å². The Hall–Kier alpha value is -0.160. The molecule has 0 atom stereocenters. The van der Waals surface area contributed by atoms with Crippen LogP contribution in [0.1, 0.15) is 0 Å². The summed E-state index contributed by atoms with van der Waals surface area (Å²) in [6.45, 7) is 9.97. The molecule has 0 spiro atoms. The molecule has 1 aliphatic heterocycles. The molecule has 1 rings (SSSR count). The van der Waals surface area contributed by atoms with E-state index >= 15 is 0 Å². The topological polar surface area (TPSA) is 6.48 Å². The fourth-order valence-corrected chi connectivity index (χ4v) is 2.12. The molecule has 0 unspecified atom stereocenters. The standard InChI is InChI=1S/C14H34N4/c1-17(2,3)13-11-15-7-9-16(10-8-15)12-14-18(4,5)6/h7-14H2,1-6H3/q+2. The predicted molar refractivity (Wildman–Crippen MR) is 78.7 cm³/mol. The van der Waals surface area contributed by atoms with Crippen molar-refractivity contribution >= 4 is 0 Å². The van der Waals surface area contributed by atoms with Crippen LogP contribution in [-0.2, 0) is 0 Å². The molecule has 108 valence electrons. The average Bonchev–Trinajstić information content (AvgIpc) is 2.23. The molecule has 0 aromatic carbocycles. The maximum Gasteiger partial charge on any atom is 0.0909 e. The van der Waals surface area contributed by atoms with Crippen molar-refractivity contribution in [3.63, 3.8) is 0 Å². The van der Waals surface area contributed by atoms with Crippen LogP contribution in [0.5, 0.6) is 0 Å². The summed E-state index contributed by atoms with van der Waals surface area (Å²) in [6, 6.07) is 0. The van der Waals surface area contributed by atoms with E-state index in [1.54, 1.807) is 0 Å². The summed E-state index contributed by atoms with van der Waals surface area (Å²) in [4.78, 5) is 5.23. The lowest BCUT2D eigenvalue weighted by Crippen LogP contribution is -2.52. The van der Waals surface area contributed by atoms with Crippen LogP contribution in [0, 0.1) is 0 Å². The summed E-state index contributed by atoms with van der Waals surface area (Å²) in [7, 11) is 13.7. The molecule has 0 aliphatic carbocycles. The van der Waals surface area contributed by atoms with Gasteiger partial charge >= 0.3 is 0 Å². The van der Waals surface area contributed by atoms with Gasteiger partial charge in [0.2, 0.25) is 0 Å². The molecule has 4 heteroatoms. The highest BCUT2D eigenvalue weighted by Crippen LogP contribution is 2.03. The van der Waals surface area contributed by atoms with Gasteiger partial charge in [-0.1, -0.05) is 0 Å². The molecule has 0 saturated carbocycles. The van der Waals surface area contributed by atoms with Crippen molar-refractivity contribution in [2.45, 2.75) is 0 Å². The second-order valence-corrected chi connectivity index (χ2v) is 7.71. The minimum Gasteiger partial charge on any atom is -0.330 e. The van der Waals surface area contributed by atoms with Crippen LogP contribution in [0.2, 0.25) is 0 Å². The van der Waals surface area contributed by atoms with Gasteiger partial charge in [-0.15, -0.1) is 0 Å². The smallest absolute Gasteiger partial charge is 0.0909 e. The lowest BCUT2D eigenvalue weighted by Gasteiger charge is -2.37. The Kier molecular flexibility index (Phi) is 5.59. The predicted octanol–water partition coefficient (Wildman–Crippen LogP) is 0.0164. The molecule has 18 heavy (non-hydrogen) atoms. The summed E-state index contributed by atoms with van der Waals surface area (Å²) >= 11 is 0. The van der Waals surface area contributed by atoms with Crippen LogP contribution >= 0.6 is 0 Å². The van der Waals surface area contributed by atoms with Crippen LogP contribution in [0.25, 0.3) is 0 Å². The minimum absolute atomic E-state index is 1.07. The van der Waals surface area contributed by atoms with Gasteiger partial charge in [0.05, 0.1) is 55.4 Å². The van der Waals surface area contributed by atoms with Gasteiger partial charge in [0.15, 0.2) is 0 Å². The third-order valence-corrected chi connectivity index (χ3v) is 3.64. The quantitative estimate of drug-likeness (QED) is 0.620. The van der Waals surface area contributed by atoms with Gasteiger partial charge in [-0.3, -0.25) is 9.80 Å². The van der Waals surface area contributed by atoms with Crippen LogP contribution in [-0.4, -0.2) is 113 Å². The first-order chi connectivity index (χ1) is 8.16. The molecule has 0 amide bonds. The van der Waals surface area contributed by atoms with Gasteiger partial charge in [-0.05, 0) is 0 Å². The SMILES string of the molecule is C[N+](C)(C)CCN1CCN(CC[N+](C)(C)C)CC1. The molecular weight excluding hydrogens is 224 g/mol. The summed E-state index contributed by atoms with van der Waals surface area (Å²) in [5, 5.41) is 0. The van der Waals surface area contributed by atoms with Crippen LogP contribution in [0.3, 0.4) is 0 Å². The van der Waals surface area contributed by atoms with Gasteiger partial charge in [0, 0.05) is 39.3 Å². The van der Waals surface area contributed by atoms with Gasteiger partial charge in [0.1, 0.15) is 0 Å². The Morgan fingerprint density at radius 3 is 1.11 bits per heavy atom. The van der Waals surface area contributed by atoms with Crippen molar-refractivity contribution < 1.29 is 8.97 Å². The molecule has 0 radical (unpaired) electrons. The fourth-order valence-electron chi connectivity index (χ4n) is 2.12. The highest BCUT2D eigenvalue weighted by atomic mass is 15.3. The molecule has 0 N–H and O–H groups in total. The number of quaternary nitrogens is 2. The number of rotatable bonds is 6. The second kappa shape index (κ2) is 6.33. The maximum absolute atomic E-state index is 2.62. The molecule has 0 bridgehead atoms. The molecular formula is C14H34N4+2. The first-order valence-electron chi connectivity index (χ1n) is 7.21. The van der Waals surface area contributed by atoms with Crippen molar-refractivity contribution in [1.29, 1.82) is 0 Å². The Bertz CT molecular complexity index is 205. The Labute approximate surface area is 114 Å². The van der Waals surface area contributed by atoms with E-state index in [9.17, 15) is 0 Å². The van der Waals surface area contributed by atoms with Gasteiger partial charge in [0.25, 0.3) is 0 Å². The summed E-state index contributed by atoms with van der Waals surface area (Å²) in [5.41, 5.74) is 0. The average molecular weight is 258 g/mol. The van der Waals surface area contributed by atoms with E-state index in [2.05, 4.69) is 52.1 Å². The molecule has 1 fully saturated rings. The summed E-state index contributed by atoms with van der Waals surface area (Å²) in [5.74, 6) is 0. The number of piperazine rings is 1. The van der Waals surface area contributed by atoms with Crippen molar-refractivity contribution in [3.8, 4) is 0 Å². The van der Waals surface area contributed by atoms with Crippen LogP contribution in [0.4, 0.5) is 0 Å². The van der Waals surface area contributed by atoms with E-state index in [1.807, 2.05) is 0 Å². The highest BCUT2D eigenvalue weighted by molar-refractivity contribution is 4.71. The van der Waals surface area contributed by atoms with Crippen LogP contribution < -0.4 is 0 Å². The number of nitrogens with zero attached hydrogens (tertiary/aromatic N) is 4. The van der Waals surface area contributed by atoms with E-state index in [-0.39, 0.29) is 0 Å². The largest absolute Gasteiger partial charge is 0.330 e. The lowest BCUT2D eigenvalue weighted by molar-refractivity contribution is -0.870. The Morgan fingerprint density at radius 1 is 0.611 bits per heavy atom. The van der Waals surface area contributed by atoms with Crippen LogP contribution in [0.15, 0.2) is 0 Å². The first-order valence-corrected chi connectivity index (χ1v) is 7.21. The molecule has 0 aromatic heterocycles. The molecule has 1 aliphatic rings. The lowest BCUT2D eigenvalue weighted by atomic mass is 10.3. The fraction of sp³-hybridized carbons (Fsp3) is 1.00. The van der Waals surface area contributed by atoms with Gasteiger partial charge in [-0.25, -0.2) is 0 Å². The third-order valence-electron chi connectivity index (χ3n) is 3.64. The zero-order valence-electron chi connectivity index (χ0n) is 13.4. The van der Waals surface area contributed by atoms with Crippen molar-refractivity contribution in [2.75, 3.05) is 94.6 Å². The van der Waals surface area contributed by atoms with Crippen molar-refractivity contribution in [3.05, 3.63) is 0 Å². The highest BCUT2D eigenvalue weighted by Gasteiger charge is 2.20. The van der Waals surface area contributed by atoms with Gasteiger partial charge < -0.3 is 8.97 Å². The first kappa shape index (κ1) is 15.9. The van der Waals surface area contributed by atoms with E-state index in [0.717, 1.165) is 8.97 Å². The third kappa shape index (κ3) is 7.31. The number of hydrogen-bond donors (Lipinski definition) is 0. The molecule has 4 nitrogen and oxygen atoms in total. The summed E-state index contributed by atoms with van der Waals surface area (Å²) in [6.07, 6.45) is 0. The zero-order valence-corrected chi connectivity index (χ0v) is 13.4. The zero-order chi connectivity index (χ0) is 13.8. The molecule has 0 aromatic rings. The van der Waals surface area contributed by atoms with E-state index < -0.39 is 0 Å². The van der Waals surface area contributed by atoms with Gasteiger partial charge in [-0.2, -0.15) is 0 Å². The number of hydrogen-bond acceptors (Lipinski definition) is 2. The molecule has 1 heterocycles. The Balaban J connectivity index is 2.17. The second-order valence-electron chi connectivity index (χ2n) is 7.71.